The van der Waals surface area contributed by atoms with Gasteiger partial charge in [-0.15, -0.1) is 0 Å². The van der Waals surface area contributed by atoms with Gasteiger partial charge in [0.25, 0.3) is 0 Å². The molecule has 1 fully saturated rings. The van der Waals surface area contributed by atoms with Crippen LogP contribution in [0.5, 0.6) is 0 Å². The van der Waals surface area contributed by atoms with Crippen LogP contribution in [0.25, 0.3) is 22.0 Å². The summed E-state index contributed by atoms with van der Waals surface area (Å²) in [6.07, 6.45) is 6.51. The molecule has 0 radical (unpaired) electrons. The molecule has 0 amide bonds. The molecule has 5 rings (SSSR count). The fourth-order valence-corrected chi connectivity index (χ4v) is 4.63. The van der Waals surface area contributed by atoms with Gasteiger partial charge in [-0.1, -0.05) is 12.1 Å². The molecule has 9 nitrogen and oxygen atoms in total. The molecule has 0 spiro atoms. The van der Waals surface area contributed by atoms with Crippen LogP contribution >= 0.6 is 0 Å². The number of nitrogens with zero attached hydrogens (tertiary/aromatic N) is 6. The second-order valence-electron chi connectivity index (χ2n) is 8.14. The summed E-state index contributed by atoms with van der Waals surface area (Å²) in [7, 11) is -1.73. The molecule has 0 bridgehead atoms. The number of nitrogens with one attached hydrogen (secondary N) is 1. The normalized spacial score (nSPS) is 14.6. The molecule has 1 aliphatic heterocycles. The van der Waals surface area contributed by atoms with Crippen LogP contribution in [-0.4, -0.2) is 68.1 Å². The van der Waals surface area contributed by atoms with Gasteiger partial charge in [-0.3, -0.25) is 9.40 Å². The van der Waals surface area contributed by atoms with Crippen LogP contribution in [-0.2, 0) is 10.0 Å². The predicted molar refractivity (Wildman–Crippen MR) is 131 cm³/mol. The molecule has 0 aliphatic carbocycles. The van der Waals surface area contributed by atoms with Crippen LogP contribution in [0.1, 0.15) is 0 Å². The molecule has 1 aliphatic rings. The zero-order valence-electron chi connectivity index (χ0n) is 18.5. The lowest BCUT2D eigenvalue weighted by molar-refractivity contribution is 0.600. The minimum absolute atomic E-state index is 0.658. The van der Waals surface area contributed by atoms with Gasteiger partial charge in [0.05, 0.1) is 23.7 Å². The quantitative estimate of drug-likeness (QED) is 0.486. The Balaban J connectivity index is 1.37. The Morgan fingerprint density at radius 1 is 0.970 bits per heavy atom. The highest BCUT2D eigenvalue weighted by molar-refractivity contribution is 7.92. The molecule has 0 unspecified atom stereocenters. The lowest BCUT2D eigenvalue weighted by Gasteiger charge is -2.37. The number of fused-ring (bicyclic) bond motifs is 1. The number of rotatable bonds is 5. The molecule has 1 saturated heterocycles. The van der Waals surface area contributed by atoms with Crippen LogP contribution in [0.2, 0.25) is 0 Å². The molecule has 33 heavy (non-hydrogen) atoms. The molecule has 10 heteroatoms. The van der Waals surface area contributed by atoms with E-state index >= 15 is 0 Å². The fourth-order valence-electron chi connectivity index (χ4n) is 4.14. The second-order valence-corrected chi connectivity index (χ2v) is 10.2. The van der Waals surface area contributed by atoms with Crippen LogP contribution < -0.4 is 14.1 Å². The van der Waals surface area contributed by atoms with Gasteiger partial charge in [0.1, 0.15) is 12.1 Å². The minimum atomic E-state index is -3.30. The Hall–Kier alpha value is -3.66. The van der Waals surface area contributed by atoms with Gasteiger partial charge in [0.2, 0.25) is 10.0 Å². The Morgan fingerprint density at radius 3 is 2.48 bits per heavy atom. The second kappa shape index (κ2) is 8.36. The van der Waals surface area contributed by atoms with Crippen molar-refractivity contribution >= 4 is 38.1 Å². The predicted octanol–water partition coefficient (Wildman–Crippen LogP) is 2.74. The van der Waals surface area contributed by atoms with Crippen molar-refractivity contribution in [2.75, 3.05) is 53.6 Å². The summed E-state index contributed by atoms with van der Waals surface area (Å²) in [4.78, 5) is 13.6. The molecule has 0 atom stereocenters. The standard InChI is InChI=1S/C23H25N7O2S/c1-28(33(2,31)32)19-4-3-5-20(13-19)29-8-10-30(11-9-29)23-21-12-17(18-14-26-27-15-18)6-7-22(21)24-16-25-23/h3-7,12-16H,8-11H2,1-2H3,(H,26,27). The minimum Gasteiger partial charge on any atom is -0.368 e. The number of hydrogen-bond donors (Lipinski definition) is 1. The Labute approximate surface area is 192 Å². The topological polar surface area (TPSA) is 98.3 Å². The van der Waals surface area contributed by atoms with Gasteiger partial charge >= 0.3 is 0 Å². The Bertz CT molecular complexity index is 1380. The zero-order chi connectivity index (χ0) is 23.0. The van der Waals surface area contributed by atoms with Crippen molar-refractivity contribution in [3.63, 3.8) is 0 Å². The average molecular weight is 464 g/mol. The molecule has 2 aromatic heterocycles. The van der Waals surface area contributed by atoms with Crippen molar-refractivity contribution < 1.29 is 8.42 Å². The van der Waals surface area contributed by atoms with Crippen molar-refractivity contribution in [3.05, 3.63) is 61.2 Å². The van der Waals surface area contributed by atoms with Crippen molar-refractivity contribution in [1.29, 1.82) is 0 Å². The van der Waals surface area contributed by atoms with E-state index in [-0.39, 0.29) is 0 Å². The van der Waals surface area contributed by atoms with Crippen molar-refractivity contribution in [2.45, 2.75) is 0 Å². The number of aromatic nitrogens is 4. The van der Waals surface area contributed by atoms with Gasteiger partial charge in [-0.25, -0.2) is 18.4 Å². The maximum absolute atomic E-state index is 11.9. The van der Waals surface area contributed by atoms with Crippen LogP contribution in [0, 0.1) is 0 Å². The summed E-state index contributed by atoms with van der Waals surface area (Å²) in [5.74, 6) is 0.926. The summed E-state index contributed by atoms with van der Waals surface area (Å²) >= 11 is 0. The van der Waals surface area contributed by atoms with E-state index in [0.717, 1.165) is 59.7 Å². The first kappa shape index (κ1) is 21.2. The lowest BCUT2D eigenvalue weighted by atomic mass is 10.1. The van der Waals surface area contributed by atoms with Gasteiger partial charge in [-0.2, -0.15) is 5.10 Å². The van der Waals surface area contributed by atoms with E-state index < -0.39 is 10.0 Å². The molecule has 3 heterocycles. The van der Waals surface area contributed by atoms with E-state index in [2.05, 4.69) is 36.0 Å². The number of anilines is 3. The molecular formula is C23H25N7O2S. The first-order valence-electron chi connectivity index (χ1n) is 10.7. The molecule has 4 aromatic rings. The molecular weight excluding hydrogens is 438 g/mol. The molecule has 0 saturated carbocycles. The number of aromatic amines is 1. The van der Waals surface area contributed by atoms with Crippen LogP contribution in [0.3, 0.4) is 0 Å². The monoisotopic (exact) mass is 463 g/mol. The average Bonchev–Trinajstić information content (AvgIpc) is 3.38. The van der Waals surface area contributed by atoms with Crippen molar-refractivity contribution in [1.82, 2.24) is 20.2 Å². The van der Waals surface area contributed by atoms with E-state index in [0.29, 0.717) is 5.69 Å². The molecule has 1 N–H and O–H groups in total. The Kier molecular flexibility index (Phi) is 5.37. The smallest absolute Gasteiger partial charge is 0.231 e. The SMILES string of the molecule is CN(c1cccc(N2CCN(c3ncnc4ccc(-c5cn[nH]c5)cc34)CC2)c1)S(C)(=O)=O. The summed E-state index contributed by atoms with van der Waals surface area (Å²) in [5, 5.41) is 7.93. The van der Waals surface area contributed by atoms with Gasteiger partial charge in [0.15, 0.2) is 0 Å². The van der Waals surface area contributed by atoms with Gasteiger partial charge in [0, 0.05) is 56.1 Å². The number of hydrogen-bond acceptors (Lipinski definition) is 7. The third-order valence-electron chi connectivity index (χ3n) is 6.08. The third-order valence-corrected chi connectivity index (χ3v) is 7.29. The lowest BCUT2D eigenvalue weighted by Crippen LogP contribution is -2.47. The van der Waals surface area contributed by atoms with E-state index in [1.165, 1.54) is 10.6 Å². The summed E-state index contributed by atoms with van der Waals surface area (Å²) in [6, 6.07) is 13.8. The van der Waals surface area contributed by atoms with Gasteiger partial charge in [-0.05, 0) is 35.9 Å². The molecule has 2 aromatic carbocycles. The number of piperazine rings is 1. The maximum atomic E-state index is 11.9. The van der Waals surface area contributed by atoms with Gasteiger partial charge < -0.3 is 9.80 Å². The van der Waals surface area contributed by atoms with E-state index in [1.54, 1.807) is 19.6 Å². The van der Waals surface area contributed by atoms with E-state index in [4.69, 9.17) is 0 Å². The van der Waals surface area contributed by atoms with Crippen molar-refractivity contribution in [2.24, 2.45) is 0 Å². The largest absolute Gasteiger partial charge is 0.368 e. The fraction of sp³-hybridized carbons (Fsp3) is 0.261. The highest BCUT2D eigenvalue weighted by Gasteiger charge is 2.21. The first-order valence-corrected chi connectivity index (χ1v) is 12.5. The highest BCUT2D eigenvalue weighted by atomic mass is 32.2. The highest BCUT2D eigenvalue weighted by Crippen LogP contribution is 2.30. The summed E-state index contributed by atoms with van der Waals surface area (Å²) < 4.78 is 25.1. The zero-order valence-corrected chi connectivity index (χ0v) is 19.3. The first-order chi connectivity index (χ1) is 15.9. The number of benzene rings is 2. The summed E-state index contributed by atoms with van der Waals surface area (Å²) in [6.45, 7) is 3.21. The maximum Gasteiger partial charge on any atom is 0.231 e. The van der Waals surface area contributed by atoms with E-state index in [1.807, 2.05) is 42.6 Å². The Morgan fingerprint density at radius 2 is 1.76 bits per heavy atom. The number of sulfonamides is 1. The summed E-state index contributed by atoms with van der Waals surface area (Å²) in [5.41, 5.74) is 4.67. The van der Waals surface area contributed by atoms with E-state index in [9.17, 15) is 8.42 Å². The number of H-pyrrole nitrogens is 1. The third kappa shape index (κ3) is 4.21. The van der Waals surface area contributed by atoms with Crippen molar-refractivity contribution in [3.8, 4) is 11.1 Å². The van der Waals surface area contributed by atoms with Crippen LogP contribution in [0.15, 0.2) is 61.2 Å². The van der Waals surface area contributed by atoms with Crippen LogP contribution in [0.4, 0.5) is 17.2 Å². The molecule has 170 valence electrons.